The largest absolute Gasteiger partial charge is 0.391 e. The maximum Gasteiger partial charge on any atom is 0.228 e. The molecule has 0 saturated carbocycles. The van der Waals surface area contributed by atoms with E-state index in [4.69, 9.17) is 0 Å². The Morgan fingerprint density at radius 2 is 1.59 bits per heavy atom. The first-order chi connectivity index (χ1) is 18.7. The monoisotopic (exact) mass is 531 g/mol. The second kappa shape index (κ2) is 12.7. The predicted molar refractivity (Wildman–Crippen MR) is 151 cm³/mol. The van der Waals surface area contributed by atoms with Crippen molar-refractivity contribution in [2.75, 3.05) is 0 Å². The summed E-state index contributed by atoms with van der Waals surface area (Å²) in [6.45, 7) is 7.69. The fraction of sp³-hybridized carbons (Fsp3) is 0.469. The van der Waals surface area contributed by atoms with Crippen molar-refractivity contribution in [3.8, 4) is 0 Å². The third-order valence-corrected chi connectivity index (χ3v) is 7.87. The van der Waals surface area contributed by atoms with Gasteiger partial charge in [0.05, 0.1) is 18.3 Å². The molecule has 2 heterocycles. The Labute approximate surface area is 231 Å². The number of hydrogen-bond donors (Lipinski definition) is 3. The number of nitrogens with one attached hydrogen (secondary N) is 1. The van der Waals surface area contributed by atoms with Gasteiger partial charge in [0.15, 0.2) is 5.78 Å². The second-order valence-corrected chi connectivity index (χ2v) is 11.5. The van der Waals surface area contributed by atoms with Crippen LogP contribution in [0.2, 0.25) is 0 Å². The average molecular weight is 532 g/mol. The molecule has 1 fully saturated rings. The number of aliphatic hydroxyl groups excluding tert-OH is 2. The van der Waals surface area contributed by atoms with Gasteiger partial charge in [-0.2, -0.15) is 0 Å². The third kappa shape index (κ3) is 6.84. The van der Waals surface area contributed by atoms with Crippen LogP contribution in [0.4, 0.5) is 0 Å². The number of nitrogens with zero attached hydrogens (tertiary/aromatic N) is 2. The van der Waals surface area contributed by atoms with E-state index < -0.39 is 18.4 Å². The number of aliphatic hydroxyl groups is 2. The van der Waals surface area contributed by atoms with E-state index in [0.29, 0.717) is 37.2 Å². The molecular weight excluding hydrogens is 490 g/mol. The molecule has 1 unspecified atom stereocenters. The van der Waals surface area contributed by atoms with Crippen LogP contribution in [0.3, 0.4) is 0 Å². The lowest BCUT2D eigenvalue weighted by molar-refractivity contribution is -0.143. The van der Waals surface area contributed by atoms with Crippen molar-refractivity contribution in [2.45, 2.75) is 77.7 Å². The fourth-order valence-corrected chi connectivity index (χ4v) is 5.62. The van der Waals surface area contributed by atoms with Crippen LogP contribution in [0, 0.1) is 17.8 Å². The molecule has 7 heteroatoms. The van der Waals surface area contributed by atoms with Crippen LogP contribution in [0.1, 0.15) is 73.9 Å². The summed E-state index contributed by atoms with van der Waals surface area (Å²) >= 11 is 0. The van der Waals surface area contributed by atoms with Crippen molar-refractivity contribution in [2.24, 2.45) is 17.8 Å². The molecule has 7 nitrogen and oxygen atoms in total. The standard InChI is InChI=1S/C32H41N3O4/c1-20(2)25-18-29(37)35(32(25)39)27(16-23-13-9-6-10-14-23)28(36)17-24(15-22-11-7-5-8-12-22)31-33-19-26(34-31)30(38)21(3)4/h5-14,19-21,24-25,27-29,36-37H,15-18H2,1-4H3,(H,33,34)/t24-,25-,27+,28+,29?/m1/s1. The number of carbonyl (C=O) groups excluding carboxylic acids is 2. The van der Waals surface area contributed by atoms with Gasteiger partial charge in [-0.3, -0.25) is 9.59 Å². The minimum Gasteiger partial charge on any atom is -0.391 e. The molecule has 1 amide bonds. The third-order valence-electron chi connectivity index (χ3n) is 7.87. The van der Waals surface area contributed by atoms with Crippen molar-refractivity contribution < 1.29 is 19.8 Å². The molecule has 0 spiro atoms. The first kappa shape index (κ1) is 28.7. The Bertz CT molecular complexity index is 1220. The maximum atomic E-state index is 13.5. The number of carbonyl (C=O) groups is 2. The SMILES string of the molecule is CC(C)C(=O)c1cnc([C@H](Cc2ccccc2)C[C@H](O)[C@H](Cc2ccccc2)N2C(=O)[C@@H](C(C)C)CC2O)[nH]1. The number of benzene rings is 2. The number of H-pyrrole nitrogens is 1. The summed E-state index contributed by atoms with van der Waals surface area (Å²) in [6.07, 6.45) is 1.38. The zero-order chi connectivity index (χ0) is 28.1. The molecule has 4 rings (SSSR count). The van der Waals surface area contributed by atoms with Crippen molar-refractivity contribution >= 4 is 11.7 Å². The lowest BCUT2D eigenvalue weighted by Crippen LogP contribution is -2.50. The van der Waals surface area contributed by atoms with E-state index in [1.807, 2.05) is 88.4 Å². The van der Waals surface area contributed by atoms with Gasteiger partial charge >= 0.3 is 0 Å². The number of amides is 1. The zero-order valence-corrected chi connectivity index (χ0v) is 23.3. The molecular formula is C32H41N3O4. The topological polar surface area (TPSA) is 107 Å². The molecule has 208 valence electrons. The van der Waals surface area contributed by atoms with E-state index in [0.717, 1.165) is 11.1 Å². The molecule has 1 aliphatic heterocycles. The summed E-state index contributed by atoms with van der Waals surface area (Å²) in [5, 5.41) is 22.8. The summed E-state index contributed by atoms with van der Waals surface area (Å²) in [4.78, 5) is 35.4. The molecule has 39 heavy (non-hydrogen) atoms. The lowest BCUT2D eigenvalue weighted by atomic mass is 9.88. The van der Waals surface area contributed by atoms with Gasteiger partial charge in [0.1, 0.15) is 17.7 Å². The molecule has 1 saturated heterocycles. The molecule has 0 aliphatic carbocycles. The van der Waals surface area contributed by atoms with E-state index in [9.17, 15) is 19.8 Å². The number of aromatic nitrogens is 2. The number of rotatable bonds is 12. The first-order valence-corrected chi connectivity index (χ1v) is 14.0. The van der Waals surface area contributed by atoms with E-state index in [2.05, 4.69) is 9.97 Å². The van der Waals surface area contributed by atoms with Crippen LogP contribution in [0.15, 0.2) is 66.9 Å². The number of hydrogen-bond acceptors (Lipinski definition) is 5. The van der Waals surface area contributed by atoms with Crippen LogP contribution >= 0.6 is 0 Å². The highest BCUT2D eigenvalue weighted by Crippen LogP contribution is 2.35. The van der Waals surface area contributed by atoms with Gasteiger partial charge in [-0.25, -0.2) is 4.98 Å². The van der Waals surface area contributed by atoms with Crippen molar-refractivity contribution in [1.29, 1.82) is 0 Å². The molecule has 2 aromatic carbocycles. The number of likely N-dealkylation sites (tertiary alicyclic amines) is 1. The van der Waals surface area contributed by atoms with Gasteiger partial charge in [-0.15, -0.1) is 0 Å². The van der Waals surface area contributed by atoms with Gasteiger partial charge in [0.25, 0.3) is 0 Å². The van der Waals surface area contributed by atoms with Crippen LogP contribution in [0.25, 0.3) is 0 Å². The summed E-state index contributed by atoms with van der Waals surface area (Å²) in [6, 6.07) is 19.1. The smallest absolute Gasteiger partial charge is 0.228 e. The molecule has 1 aromatic heterocycles. The number of imidazole rings is 1. The zero-order valence-electron chi connectivity index (χ0n) is 23.3. The van der Waals surface area contributed by atoms with Crippen LogP contribution < -0.4 is 0 Å². The van der Waals surface area contributed by atoms with Crippen LogP contribution in [-0.4, -0.2) is 55.1 Å². The van der Waals surface area contributed by atoms with Gasteiger partial charge in [0.2, 0.25) is 5.91 Å². The van der Waals surface area contributed by atoms with Crippen LogP contribution in [0.5, 0.6) is 0 Å². The van der Waals surface area contributed by atoms with Crippen molar-refractivity contribution in [3.63, 3.8) is 0 Å². The molecule has 0 radical (unpaired) electrons. The highest BCUT2D eigenvalue weighted by molar-refractivity contribution is 5.95. The van der Waals surface area contributed by atoms with Crippen molar-refractivity contribution in [3.05, 3.63) is 89.5 Å². The summed E-state index contributed by atoms with van der Waals surface area (Å²) in [5.41, 5.74) is 2.52. The van der Waals surface area contributed by atoms with Gasteiger partial charge in [-0.05, 0) is 36.3 Å². The highest BCUT2D eigenvalue weighted by Gasteiger charge is 2.45. The number of Topliss-reactive ketones (excluding diaryl/α,β-unsaturated/α-hetero) is 1. The lowest BCUT2D eigenvalue weighted by Gasteiger charge is -2.36. The van der Waals surface area contributed by atoms with E-state index in [1.54, 1.807) is 6.20 Å². The minimum atomic E-state index is -0.945. The Hall–Kier alpha value is -3.29. The van der Waals surface area contributed by atoms with Gasteiger partial charge in [-0.1, -0.05) is 88.4 Å². The second-order valence-electron chi connectivity index (χ2n) is 11.5. The fourth-order valence-electron chi connectivity index (χ4n) is 5.62. The Morgan fingerprint density at radius 3 is 2.13 bits per heavy atom. The molecule has 1 aliphatic rings. The van der Waals surface area contributed by atoms with E-state index in [-0.39, 0.29) is 35.4 Å². The summed E-state index contributed by atoms with van der Waals surface area (Å²) in [5.74, 6) is -0.0694. The average Bonchev–Trinajstić information content (AvgIpc) is 3.52. The Morgan fingerprint density at radius 1 is 1.00 bits per heavy atom. The van der Waals surface area contributed by atoms with Gasteiger partial charge in [0, 0.05) is 24.2 Å². The molecule has 5 atom stereocenters. The molecule has 0 bridgehead atoms. The normalized spacial score (nSPS) is 20.0. The maximum absolute atomic E-state index is 13.5. The summed E-state index contributed by atoms with van der Waals surface area (Å²) < 4.78 is 0. The molecule has 3 N–H and O–H groups in total. The van der Waals surface area contributed by atoms with E-state index >= 15 is 0 Å². The Kier molecular flexibility index (Phi) is 9.36. The highest BCUT2D eigenvalue weighted by atomic mass is 16.3. The van der Waals surface area contributed by atoms with Crippen LogP contribution in [-0.2, 0) is 17.6 Å². The van der Waals surface area contributed by atoms with Crippen molar-refractivity contribution in [1.82, 2.24) is 14.9 Å². The molecule has 3 aromatic rings. The predicted octanol–water partition coefficient (Wildman–Crippen LogP) is 4.76. The first-order valence-electron chi connectivity index (χ1n) is 14.0. The number of ketones is 1. The number of aromatic amines is 1. The van der Waals surface area contributed by atoms with Gasteiger partial charge < -0.3 is 20.1 Å². The van der Waals surface area contributed by atoms with E-state index in [1.165, 1.54) is 4.90 Å². The minimum absolute atomic E-state index is 0.0137. The summed E-state index contributed by atoms with van der Waals surface area (Å²) in [7, 11) is 0. The Balaban J connectivity index is 1.65. The quantitative estimate of drug-likeness (QED) is 0.292.